The number of benzene rings is 2. The summed E-state index contributed by atoms with van der Waals surface area (Å²) in [7, 11) is 0. The van der Waals surface area contributed by atoms with Crippen molar-refractivity contribution < 1.29 is 13.7 Å². The molecule has 2 aromatic heterocycles. The topological polar surface area (TPSA) is 68.0 Å². The average Bonchev–Trinajstić information content (AvgIpc) is 3.03. The molecule has 6 heteroatoms. The van der Waals surface area contributed by atoms with E-state index in [0.717, 1.165) is 0 Å². The highest BCUT2D eigenvalue weighted by Crippen LogP contribution is 2.28. The van der Waals surface area contributed by atoms with Crippen molar-refractivity contribution in [2.75, 3.05) is 5.32 Å². The molecule has 0 bridgehead atoms. The lowest BCUT2D eigenvalue weighted by atomic mass is 10.0. The van der Waals surface area contributed by atoms with E-state index in [1.165, 1.54) is 6.07 Å². The Kier molecular flexibility index (Phi) is 3.93. The lowest BCUT2D eigenvalue weighted by molar-refractivity contribution is 0.102. The van der Waals surface area contributed by atoms with Gasteiger partial charge in [-0.3, -0.25) is 4.79 Å². The number of amides is 1. The molecule has 0 saturated heterocycles. The SMILES string of the molecule is Cc1noc2nc(-c3ccccc3F)cc(C(=O)Nc3ccccc3)c12. The van der Waals surface area contributed by atoms with Gasteiger partial charge in [-0.25, -0.2) is 9.37 Å². The first-order valence-electron chi connectivity index (χ1n) is 8.02. The molecule has 26 heavy (non-hydrogen) atoms. The summed E-state index contributed by atoms with van der Waals surface area (Å²) >= 11 is 0. The van der Waals surface area contributed by atoms with Gasteiger partial charge in [-0.1, -0.05) is 35.5 Å². The Labute approximate surface area is 148 Å². The Morgan fingerprint density at radius 3 is 2.58 bits per heavy atom. The summed E-state index contributed by atoms with van der Waals surface area (Å²) in [5, 5.41) is 7.24. The number of para-hydroxylation sites is 1. The van der Waals surface area contributed by atoms with Crippen LogP contribution < -0.4 is 5.32 Å². The number of halogens is 1. The van der Waals surface area contributed by atoms with Gasteiger partial charge in [0.15, 0.2) is 0 Å². The second-order valence-corrected chi connectivity index (χ2v) is 5.80. The van der Waals surface area contributed by atoms with Gasteiger partial charge >= 0.3 is 0 Å². The normalized spacial score (nSPS) is 10.8. The third kappa shape index (κ3) is 2.82. The first-order valence-corrected chi connectivity index (χ1v) is 8.02. The largest absolute Gasteiger partial charge is 0.335 e. The van der Waals surface area contributed by atoms with E-state index < -0.39 is 5.82 Å². The molecule has 0 aliphatic carbocycles. The third-order valence-electron chi connectivity index (χ3n) is 4.04. The van der Waals surface area contributed by atoms with Crippen LogP contribution in [0.15, 0.2) is 65.2 Å². The van der Waals surface area contributed by atoms with Gasteiger partial charge in [0.25, 0.3) is 11.6 Å². The van der Waals surface area contributed by atoms with Crippen LogP contribution in [-0.4, -0.2) is 16.0 Å². The molecule has 0 spiro atoms. The summed E-state index contributed by atoms with van der Waals surface area (Å²) < 4.78 is 19.4. The number of fused-ring (bicyclic) bond motifs is 1. The van der Waals surface area contributed by atoms with E-state index in [-0.39, 0.29) is 17.2 Å². The Balaban J connectivity index is 1.86. The first-order chi connectivity index (χ1) is 12.6. The van der Waals surface area contributed by atoms with E-state index in [0.29, 0.717) is 28.0 Å². The summed E-state index contributed by atoms with van der Waals surface area (Å²) in [4.78, 5) is 17.2. The molecule has 4 aromatic rings. The lowest BCUT2D eigenvalue weighted by Crippen LogP contribution is -2.13. The van der Waals surface area contributed by atoms with Crippen molar-refractivity contribution in [3.8, 4) is 11.3 Å². The zero-order valence-corrected chi connectivity index (χ0v) is 13.9. The van der Waals surface area contributed by atoms with Crippen molar-refractivity contribution in [2.24, 2.45) is 0 Å². The number of rotatable bonds is 3. The van der Waals surface area contributed by atoms with Gasteiger partial charge in [0.05, 0.1) is 22.3 Å². The third-order valence-corrected chi connectivity index (χ3v) is 4.04. The molecule has 1 N–H and O–H groups in total. The molecule has 0 atom stereocenters. The molecule has 0 saturated carbocycles. The maximum atomic E-state index is 14.2. The van der Waals surface area contributed by atoms with Gasteiger partial charge in [-0.05, 0) is 37.3 Å². The predicted octanol–water partition coefficient (Wildman–Crippen LogP) is 4.59. The van der Waals surface area contributed by atoms with Crippen LogP contribution in [0.5, 0.6) is 0 Å². The molecule has 2 heterocycles. The molecule has 128 valence electrons. The van der Waals surface area contributed by atoms with Gasteiger partial charge in [0.1, 0.15) is 5.82 Å². The Morgan fingerprint density at radius 2 is 1.81 bits per heavy atom. The molecular weight excluding hydrogens is 333 g/mol. The standard InChI is InChI=1S/C20H14FN3O2/c1-12-18-15(19(25)22-13-7-3-2-4-8-13)11-17(23-20(18)26-24-12)14-9-5-6-10-16(14)21/h2-11H,1H3,(H,22,25). The van der Waals surface area contributed by atoms with Gasteiger partial charge < -0.3 is 9.84 Å². The fraction of sp³-hybridized carbons (Fsp3) is 0.0500. The smallest absolute Gasteiger partial charge is 0.259 e. The number of aromatic nitrogens is 2. The molecule has 4 rings (SSSR count). The van der Waals surface area contributed by atoms with Gasteiger partial charge in [-0.2, -0.15) is 0 Å². The lowest BCUT2D eigenvalue weighted by Gasteiger charge is -2.08. The fourth-order valence-corrected chi connectivity index (χ4v) is 2.80. The zero-order chi connectivity index (χ0) is 18.1. The van der Waals surface area contributed by atoms with Crippen LogP contribution in [0.25, 0.3) is 22.4 Å². The summed E-state index contributed by atoms with van der Waals surface area (Å²) in [5.41, 5.74) is 2.33. The molecule has 5 nitrogen and oxygen atoms in total. The molecule has 0 aliphatic rings. The van der Waals surface area contributed by atoms with Crippen LogP contribution in [0.4, 0.5) is 10.1 Å². The number of pyridine rings is 1. The second kappa shape index (κ2) is 6.40. The minimum Gasteiger partial charge on any atom is -0.335 e. The van der Waals surface area contributed by atoms with E-state index in [1.807, 2.05) is 18.2 Å². The van der Waals surface area contributed by atoms with Gasteiger partial charge in [-0.15, -0.1) is 0 Å². The van der Waals surface area contributed by atoms with E-state index >= 15 is 0 Å². The van der Waals surface area contributed by atoms with Crippen molar-refractivity contribution in [1.29, 1.82) is 0 Å². The Hall–Kier alpha value is -3.54. The number of aryl methyl sites for hydroxylation is 1. The van der Waals surface area contributed by atoms with Crippen LogP contribution in [0.3, 0.4) is 0 Å². The number of nitrogens with zero attached hydrogens (tertiary/aromatic N) is 2. The maximum absolute atomic E-state index is 14.2. The molecular formula is C20H14FN3O2. The van der Waals surface area contributed by atoms with Crippen LogP contribution in [0.2, 0.25) is 0 Å². The first kappa shape index (κ1) is 16.0. The molecule has 0 aliphatic heterocycles. The monoisotopic (exact) mass is 347 g/mol. The number of carbonyl (C=O) groups is 1. The maximum Gasteiger partial charge on any atom is 0.259 e. The van der Waals surface area contributed by atoms with E-state index in [2.05, 4.69) is 15.5 Å². The van der Waals surface area contributed by atoms with Crippen molar-refractivity contribution in [1.82, 2.24) is 10.1 Å². The number of hydrogen-bond donors (Lipinski definition) is 1. The highest BCUT2D eigenvalue weighted by atomic mass is 19.1. The zero-order valence-electron chi connectivity index (χ0n) is 13.9. The number of nitrogens with one attached hydrogen (secondary N) is 1. The second-order valence-electron chi connectivity index (χ2n) is 5.80. The van der Waals surface area contributed by atoms with Gasteiger partial charge in [0.2, 0.25) is 0 Å². The van der Waals surface area contributed by atoms with E-state index in [9.17, 15) is 9.18 Å². The summed E-state index contributed by atoms with van der Waals surface area (Å²) in [6.07, 6.45) is 0. The molecule has 2 aromatic carbocycles. The van der Waals surface area contributed by atoms with E-state index in [1.54, 1.807) is 43.3 Å². The van der Waals surface area contributed by atoms with Crippen LogP contribution in [0.1, 0.15) is 16.1 Å². The highest BCUT2D eigenvalue weighted by Gasteiger charge is 2.20. The molecule has 0 unspecified atom stereocenters. The number of carbonyl (C=O) groups excluding carboxylic acids is 1. The highest BCUT2D eigenvalue weighted by molar-refractivity contribution is 6.13. The minimum atomic E-state index is -0.426. The summed E-state index contributed by atoms with van der Waals surface area (Å²) in [6, 6.07) is 16.9. The summed E-state index contributed by atoms with van der Waals surface area (Å²) in [5.74, 6) is -0.766. The summed E-state index contributed by atoms with van der Waals surface area (Å²) in [6.45, 7) is 1.73. The minimum absolute atomic E-state index is 0.196. The Bertz CT molecular complexity index is 1110. The van der Waals surface area contributed by atoms with Gasteiger partial charge in [0, 0.05) is 11.3 Å². The quantitative estimate of drug-likeness (QED) is 0.588. The van der Waals surface area contributed by atoms with Crippen molar-refractivity contribution in [2.45, 2.75) is 6.92 Å². The van der Waals surface area contributed by atoms with Crippen LogP contribution >= 0.6 is 0 Å². The predicted molar refractivity (Wildman–Crippen MR) is 96.3 cm³/mol. The number of hydrogen-bond acceptors (Lipinski definition) is 4. The molecule has 0 fully saturated rings. The molecule has 1 amide bonds. The van der Waals surface area contributed by atoms with Crippen LogP contribution in [0, 0.1) is 12.7 Å². The van der Waals surface area contributed by atoms with Crippen molar-refractivity contribution in [3.05, 3.63) is 77.7 Å². The molecule has 0 radical (unpaired) electrons. The van der Waals surface area contributed by atoms with E-state index in [4.69, 9.17) is 4.52 Å². The van der Waals surface area contributed by atoms with Crippen LogP contribution in [-0.2, 0) is 0 Å². The average molecular weight is 347 g/mol. The Morgan fingerprint density at radius 1 is 1.08 bits per heavy atom. The van der Waals surface area contributed by atoms with Crippen molar-refractivity contribution >= 4 is 22.7 Å². The van der Waals surface area contributed by atoms with Crippen molar-refractivity contribution in [3.63, 3.8) is 0 Å². The fourth-order valence-electron chi connectivity index (χ4n) is 2.80. The number of anilines is 1.